The van der Waals surface area contributed by atoms with E-state index in [-0.39, 0.29) is 12.1 Å². The Bertz CT molecular complexity index is 536. The van der Waals surface area contributed by atoms with Crippen LogP contribution in [0.4, 0.5) is 18.9 Å². The van der Waals surface area contributed by atoms with Crippen molar-refractivity contribution in [2.24, 2.45) is 0 Å². The summed E-state index contributed by atoms with van der Waals surface area (Å²) in [6.07, 6.45) is -2.20. The first-order chi connectivity index (χ1) is 8.52. The predicted octanol–water partition coefficient (Wildman–Crippen LogP) is 3.40. The third-order valence-corrected chi connectivity index (χ3v) is 2.60. The molecule has 0 saturated carbocycles. The number of nitrogens with zero attached hydrogens (tertiary/aromatic N) is 2. The van der Waals surface area contributed by atoms with Gasteiger partial charge in [0.1, 0.15) is 0 Å². The topological polar surface area (TPSA) is 27.0 Å². The molecule has 0 aromatic heterocycles. The third-order valence-electron chi connectivity index (χ3n) is 2.60. The molecule has 5 heteroatoms. The molecule has 2 rings (SSSR count). The van der Waals surface area contributed by atoms with Gasteiger partial charge in [0.25, 0.3) is 0 Å². The Balaban J connectivity index is 2.31. The molecule has 0 radical (unpaired) electrons. The Kier molecular flexibility index (Phi) is 3.11. The smallest absolute Gasteiger partial charge is 0.343 e. The van der Waals surface area contributed by atoms with E-state index in [1.54, 1.807) is 35.2 Å². The van der Waals surface area contributed by atoms with Crippen LogP contribution in [0.3, 0.4) is 0 Å². The molecule has 0 aliphatic carbocycles. The van der Waals surface area contributed by atoms with Gasteiger partial charge in [-0.25, -0.2) is 0 Å². The summed E-state index contributed by atoms with van der Waals surface area (Å²) in [7, 11) is 0. The molecule has 18 heavy (non-hydrogen) atoms. The highest BCUT2D eigenvalue weighted by atomic mass is 19.4. The maximum atomic E-state index is 12.6. The van der Waals surface area contributed by atoms with Crippen LogP contribution in [0, 0.1) is 11.3 Å². The van der Waals surface area contributed by atoms with Crippen LogP contribution in [-0.2, 0) is 0 Å². The first kappa shape index (κ1) is 12.2. The fourth-order valence-corrected chi connectivity index (χ4v) is 1.73. The molecule has 0 fully saturated rings. The number of hydrogen-bond acceptors (Lipinski definition) is 2. The standard InChI is InChI=1S/C13H9F3N2/c14-13(15,16)12-6-7-18(9-10(12)8-17)11-4-2-1-3-5-11/h1-7H,9H2. The van der Waals surface area contributed by atoms with Gasteiger partial charge < -0.3 is 4.90 Å². The van der Waals surface area contributed by atoms with Gasteiger partial charge in [-0.3, -0.25) is 0 Å². The lowest BCUT2D eigenvalue weighted by molar-refractivity contribution is -0.0889. The fourth-order valence-electron chi connectivity index (χ4n) is 1.73. The summed E-state index contributed by atoms with van der Waals surface area (Å²) in [5.41, 5.74) is -0.381. The molecule has 1 heterocycles. The second kappa shape index (κ2) is 4.57. The van der Waals surface area contributed by atoms with Crippen molar-refractivity contribution in [1.82, 2.24) is 0 Å². The van der Waals surface area contributed by atoms with E-state index in [4.69, 9.17) is 5.26 Å². The SMILES string of the molecule is N#CC1=C(C(F)(F)F)C=CN(c2ccccc2)C1. The number of para-hydroxylation sites is 1. The van der Waals surface area contributed by atoms with E-state index >= 15 is 0 Å². The minimum absolute atomic E-state index is 0.0636. The van der Waals surface area contributed by atoms with Crippen LogP contribution in [0.2, 0.25) is 0 Å². The quantitative estimate of drug-likeness (QED) is 0.763. The zero-order chi connectivity index (χ0) is 13.2. The first-order valence-corrected chi connectivity index (χ1v) is 5.22. The Morgan fingerprint density at radius 1 is 1.17 bits per heavy atom. The van der Waals surface area contributed by atoms with Gasteiger partial charge in [0, 0.05) is 11.9 Å². The minimum atomic E-state index is -4.48. The van der Waals surface area contributed by atoms with Crippen molar-refractivity contribution in [2.45, 2.75) is 6.18 Å². The number of nitriles is 1. The average Bonchev–Trinajstić information content (AvgIpc) is 2.38. The number of alkyl halides is 3. The molecule has 0 atom stereocenters. The van der Waals surface area contributed by atoms with Crippen LogP contribution < -0.4 is 4.90 Å². The van der Waals surface area contributed by atoms with Crippen molar-refractivity contribution in [3.8, 4) is 6.07 Å². The normalized spacial score (nSPS) is 15.8. The molecule has 1 aromatic rings. The van der Waals surface area contributed by atoms with Gasteiger partial charge in [-0.1, -0.05) is 18.2 Å². The van der Waals surface area contributed by atoms with Crippen LogP contribution >= 0.6 is 0 Å². The van der Waals surface area contributed by atoms with Gasteiger partial charge in [0.2, 0.25) is 0 Å². The second-order valence-corrected chi connectivity index (χ2v) is 3.78. The first-order valence-electron chi connectivity index (χ1n) is 5.22. The number of anilines is 1. The average molecular weight is 250 g/mol. The number of allylic oxidation sites excluding steroid dienone is 2. The van der Waals surface area contributed by atoms with E-state index in [1.807, 2.05) is 6.07 Å². The minimum Gasteiger partial charge on any atom is -0.343 e. The number of halogens is 3. The highest BCUT2D eigenvalue weighted by molar-refractivity contribution is 5.56. The van der Waals surface area contributed by atoms with Gasteiger partial charge in [-0.2, -0.15) is 18.4 Å². The molecule has 1 aromatic carbocycles. The molecule has 0 bridgehead atoms. The van der Waals surface area contributed by atoms with Crippen molar-refractivity contribution in [3.05, 3.63) is 53.8 Å². The molecule has 0 unspecified atom stereocenters. The number of rotatable bonds is 1. The summed E-state index contributed by atoms with van der Waals surface area (Å²) in [5, 5.41) is 8.82. The molecule has 1 aliphatic rings. The second-order valence-electron chi connectivity index (χ2n) is 3.78. The van der Waals surface area contributed by atoms with E-state index in [0.29, 0.717) is 0 Å². The van der Waals surface area contributed by atoms with Gasteiger partial charge in [-0.15, -0.1) is 0 Å². The maximum Gasteiger partial charge on any atom is 0.417 e. The number of hydrogen-bond donors (Lipinski definition) is 0. The Labute approximate surface area is 102 Å². The largest absolute Gasteiger partial charge is 0.417 e. The molecule has 0 saturated heterocycles. The van der Waals surface area contributed by atoms with Gasteiger partial charge in [0.15, 0.2) is 0 Å². The van der Waals surface area contributed by atoms with Crippen molar-refractivity contribution in [1.29, 1.82) is 5.26 Å². The number of benzene rings is 1. The summed E-state index contributed by atoms with van der Waals surface area (Å²) in [6, 6.07) is 10.6. The fraction of sp³-hybridized carbons (Fsp3) is 0.154. The lowest BCUT2D eigenvalue weighted by Crippen LogP contribution is -2.26. The van der Waals surface area contributed by atoms with Gasteiger partial charge in [-0.05, 0) is 18.2 Å². The molecule has 0 N–H and O–H groups in total. The summed E-state index contributed by atoms with van der Waals surface area (Å²) in [6.45, 7) is -0.0636. The van der Waals surface area contributed by atoms with E-state index < -0.39 is 11.7 Å². The van der Waals surface area contributed by atoms with Crippen molar-refractivity contribution < 1.29 is 13.2 Å². The molecular weight excluding hydrogens is 241 g/mol. The zero-order valence-electron chi connectivity index (χ0n) is 9.28. The highest BCUT2D eigenvalue weighted by Gasteiger charge is 2.36. The van der Waals surface area contributed by atoms with E-state index in [1.165, 1.54) is 6.20 Å². The summed E-state index contributed by atoms with van der Waals surface area (Å²) in [4.78, 5) is 1.60. The van der Waals surface area contributed by atoms with Gasteiger partial charge >= 0.3 is 6.18 Å². The van der Waals surface area contributed by atoms with E-state index in [2.05, 4.69) is 0 Å². The zero-order valence-corrected chi connectivity index (χ0v) is 9.28. The maximum absolute atomic E-state index is 12.6. The van der Waals surface area contributed by atoms with Crippen LogP contribution in [0.1, 0.15) is 0 Å². The van der Waals surface area contributed by atoms with Crippen molar-refractivity contribution in [3.63, 3.8) is 0 Å². The lowest BCUT2D eigenvalue weighted by Gasteiger charge is -2.25. The Morgan fingerprint density at radius 3 is 2.39 bits per heavy atom. The molecular formula is C13H9F3N2. The summed E-state index contributed by atoms with van der Waals surface area (Å²) < 4.78 is 37.9. The van der Waals surface area contributed by atoms with E-state index in [0.717, 1.165) is 11.8 Å². The summed E-state index contributed by atoms with van der Waals surface area (Å²) >= 11 is 0. The van der Waals surface area contributed by atoms with Crippen molar-refractivity contribution in [2.75, 3.05) is 11.4 Å². The molecule has 0 amide bonds. The Hall–Kier alpha value is -2.22. The van der Waals surface area contributed by atoms with Gasteiger partial charge in [0.05, 0.1) is 23.8 Å². The predicted molar refractivity (Wildman–Crippen MR) is 61.6 cm³/mol. The van der Waals surface area contributed by atoms with Crippen LogP contribution in [0.25, 0.3) is 0 Å². The molecule has 0 spiro atoms. The van der Waals surface area contributed by atoms with E-state index in [9.17, 15) is 13.2 Å². The molecule has 1 aliphatic heterocycles. The molecule has 2 nitrogen and oxygen atoms in total. The lowest BCUT2D eigenvalue weighted by atomic mass is 10.0. The van der Waals surface area contributed by atoms with Crippen molar-refractivity contribution >= 4 is 5.69 Å². The Morgan fingerprint density at radius 2 is 1.83 bits per heavy atom. The summed E-state index contributed by atoms with van der Waals surface area (Å²) in [5.74, 6) is 0. The highest BCUT2D eigenvalue weighted by Crippen LogP contribution is 2.32. The third kappa shape index (κ3) is 2.38. The molecule has 92 valence electrons. The van der Waals surface area contributed by atoms with Crippen LogP contribution in [0.15, 0.2) is 53.8 Å². The monoisotopic (exact) mass is 250 g/mol. The van der Waals surface area contributed by atoms with Crippen LogP contribution in [0.5, 0.6) is 0 Å². The van der Waals surface area contributed by atoms with Crippen LogP contribution in [-0.4, -0.2) is 12.7 Å².